The van der Waals surface area contributed by atoms with Crippen LogP contribution in [0, 0.1) is 0 Å². The Kier molecular flexibility index (Phi) is 4.40. The maximum atomic E-state index is 12.9. The van der Waals surface area contributed by atoms with Crippen molar-refractivity contribution in [2.45, 2.75) is 57.0 Å². The van der Waals surface area contributed by atoms with Crippen molar-refractivity contribution in [3.8, 4) is 0 Å². The van der Waals surface area contributed by atoms with Gasteiger partial charge in [0.2, 0.25) is 0 Å². The normalized spacial score (nSPS) is 30.2. The Hall–Kier alpha value is -0.290. The first kappa shape index (κ1) is 12.8. The van der Waals surface area contributed by atoms with E-state index in [1.54, 1.807) is 7.05 Å². The second-order valence-corrected chi connectivity index (χ2v) is 4.07. The zero-order chi connectivity index (χ0) is 11.5. The number of alkyl halides is 3. The molecular weight excluding hydrogens is 207 g/mol. The van der Waals surface area contributed by atoms with Crippen molar-refractivity contribution in [3.05, 3.63) is 0 Å². The van der Waals surface area contributed by atoms with Crippen molar-refractivity contribution in [1.82, 2.24) is 5.32 Å². The monoisotopic (exact) mass is 225 g/mol. The fourth-order valence-electron chi connectivity index (χ4n) is 1.83. The summed E-state index contributed by atoms with van der Waals surface area (Å²) in [6, 6.07) is 0.203. The van der Waals surface area contributed by atoms with E-state index in [9.17, 15) is 13.2 Å². The van der Waals surface area contributed by atoms with Crippen molar-refractivity contribution in [2.24, 2.45) is 0 Å². The van der Waals surface area contributed by atoms with E-state index in [0.29, 0.717) is 12.8 Å². The van der Waals surface area contributed by atoms with Crippen LogP contribution in [0.5, 0.6) is 0 Å². The fraction of sp³-hybridized carbons (Fsp3) is 1.00. The van der Waals surface area contributed by atoms with Gasteiger partial charge >= 0.3 is 6.11 Å². The predicted octanol–water partition coefficient (Wildman–Crippen LogP) is 2.48. The van der Waals surface area contributed by atoms with Gasteiger partial charge in [-0.15, -0.1) is 0 Å². The smallest absolute Gasteiger partial charge is 0.317 e. The van der Waals surface area contributed by atoms with Crippen molar-refractivity contribution in [3.63, 3.8) is 0 Å². The van der Waals surface area contributed by atoms with Crippen LogP contribution in [0.4, 0.5) is 13.2 Å². The Morgan fingerprint density at radius 3 is 2.60 bits per heavy atom. The lowest BCUT2D eigenvalue weighted by molar-refractivity contribution is -0.294. The van der Waals surface area contributed by atoms with Crippen LogP contribution in [0.15, 0.2) is 0 Å². The van der Waals surface area contributed by atoms with Gasteiger partial charge in [0.1, 0.15) is 0 Å². The third-order valence-electron chi connectivity index (χ3n) is 2.82. The molecular formula is C10H18F3NO. The van der Waals surface area contributed by atoms with Gasteiger partial charge in [-0.25, -0.2) is 4.39 Å². The molecule has 1 saturated carbocycles. The van der Waals surface area contributed by atoms with Crippen LogP contribution in [0.1, 0.15) is 32.6 Å². The summed E-state index contributed by atoms with van der Waals surface area (Å²) in [7, 11) is 1.79. The first-order valence-electron chi connectivity index (χ1n) is 5.32. The van der Waals surface area contributed by atoms with Crippen LogP contribution in [-0.4, -0.2) is 31.5 Å². The second-order valence-electron chi connectivity index (χ2n) is 4.07. The highest BCUT2D eigenvalue weighted by atomic mass is 19.3. The lowest BCUT2D eigenvalue weighted by Gasteiger charge is -2.31. The lowest BCUT2D eigenvalue weighted by atomic mass is 9.93. The number of rotatable bonds is 4. The van der Waals surface area contributed by atoms with Gasteiger partial charge in [0.05, 0.1) is 6.10 Å². The molecule has 0 aromatic carbocycles. The van der Waals surface area contributed by atoms with E-state index < -0.39 is 18.4 Å². The van der Waals surface area contributed by atoms with Crippen LogP contribution in [0.2, 0.25) is 0 Å². The number of hydrogen-bond acceptors (Lipinski definition) is 2. The van der Waals surface area contributed by atoms with E-state index in [0.717, 1.165) is 19.8 Å². The van der Waals surface area contributed by atoms with Gasteiger partial charge in [-0.1, -0.05) is 0 Å². The molecule has 2 nitrogen and oxygen atoms in total. The van der Waals surface area contributed by atoms with E-state index in [4.69, 9.17) is 0 Å². The van der Waals surface area contributed by atoms with Crippen LogP contribution in [0.25, 0.3) is 0 Å². The Balaban J connectivity index is 2.44. The molecule has 1 rings (SSSR count). The van der Waals surface area contributed by atoms with Gasteiger partial charge in [0, 0.05) is 6.04 Å². The van der Waals surface area contributed by atoms with Crippen LogP contribution >= 0.6 is 0 Å². The molecule has 0 radical (unpaired) electrons. The number of nitrogens with one attached hydrogen (secondary N) is 1. The molecule has 5 heteroatoms. The summed E-state index contributed by atoms with van der Waals surface area (Å²) >= 11 is 0. The van der Waals surface area contributed by atoms with Crippen LogP contribution in [0.3, 0.4) is 0 Å². The lowest BCUT2D eigenvalue weighted by Crippen LogP contribution is -2.41. The largest absolute Gasteiger partial charge is 0.386 e. The molecule has 0 saturated heterocycles. The maximum Gasteiger partial charge on any atom is 0.386 e. The second kappa shape index (κ2) is 5.16. The van der Waals surface area contributed by atoms with Crippen molar-refractivity contribution < 1.29 is 17.9 Å². The van der Waals surface area contributed by atoms with E-state index in [1.807, 2.05) is 0 Å². The Bertz CT molecular complexity index is 199. The van der Waals surface area contributed by atoms with E-state index in [2.05, 4.69) is 10.1 Å². The first-order valence-corrected chi connectivity index (χ1v) is 5.32. The molecule has 0 aromatic rings. The van der Waals surface area contributed by atoms with Gasteiger partial charge in [-0.05, 0) is 39.7 Å². The Morgan fingerprint density at radius 2 is 2.07 bits per heavy atom. The minimum Gasteiger partial charge on any atom is -0.317 e. The highest BCUT2D eigenvalue weighted by Gasteiger charge is 2.41. The van der Waals surface area contributed by atoms with Crippen molar-refractivity contribution >= 4 is 0 Å². The summed E-state index contributed by atoms with van der Waals surface area (Å²) in [5.74, 6) is 0. The first-order chi connectivity index (χ1) is 6.95. The van der Waals surface area contributed by atoms with Crippen molar-refractivity contribution in [2.75, 3.05) is 7.05 Å². The van der Waals surface area contributed by atoms with Crippen LogP contribution < -0.4 is 5.32 Å². The summed E-state index contributed by atoms with van der Waals surface area (Å²) in [5, 5.41) is 3.03. The minimum atomic E-state index is -3.65. The zero-order valence-electron chi connectivity index (χ0n) is 9.10. The predicted molar refractivity (Wildman–Crippen MR) is 51.7 cm³/mol. The van der Waals surface area contributed by atoms with Crippen molar-refractivity contribution in [1.29, 1.82) is 0 Å². The van der Waals surface area contributed by atoms with E-state index in [1.165, 1.54) is 0 Å². The molecule has 1 aliphatic carbocycles. The molecule has 0 aliphatic heterocycles. The number of ether oxygens (including phenoxy) is 1. The molecule has 15 heavy (non-hydrogen) atoms. The highest BCUT2D eigenvalue weighted by molar-refractivity contribution is 4.78. The summed E-state index contributed by atoms with van der Waals surface area (Å²) in [6.07, 6.45) is -3.53. The van der Waals surface area contributed by atoms with Gasteiger partial charge in [0.25, 0.3) is 0 Å². The summed E-state index contributed by atoms with van der Waals surface area (Å²) in [6.45, 7) is 0.818. The molecule has 1 fully saturated rings. The minimum absolute atomic E-state index is 0.203. The molecule has 0 heterocycles. The molecule has 3 unspecified atom stereocenters. The molecule has 1 N–H and O–H groups in total. The van der Waals surface area contributed by atoms with E-state index >= 15 is 0 Å². The average molecular weight is 225 g/mol. The van der Waals surface area contributed by atoms with Gasteiger partial charge in [-0.2, -0.15) is 8.78 Å². The third kappa shape index (κ3) is 3.65. The SMILES string of the molecule is CNC1CCCC(OC(F)(F)C(C)F)C1. The fourth-order valence-corrected chi connectivity index (χ4v) is 1.83. The Morgan fingerprint density at radius 1 is 1.40 bits per heavy atom. The molecule has 0 amide bonds. The van der Waals surface area contributed by atoms with E-state index in [-0.39, 0.29) is 6.04 Å². The third-order valence-corrected chi connectivity index (χ3v) is 2.82. The standard InChI is InChI=1S/C10H18F3NO/c1-7(11)10(12,13)15-9-5-3-4-8(6-9)14-2/h7-9,14H,3-6H2,1-2H3. The van der Waals surface area contributed by atoms with Gasteiger partial charge < -0.3 is 10.1 Å². The van der Waals surface area contributed by atoms with Gasteiger partial charge in [0.15, 0.2) is 6.17 Å². The topological polar surface area (TPSA) is 21.3 Å². The highest BCUT2D eigenvalue weighted by Crippen LogP contribution is 2.30. The molecule has 1 aliphatic rings. The summed E-state index contributed by atoms with van der Waals surface area (Å²) in [4.78, 5) is 0. The quantitative estimate of drug-likeness (QED) is 0.793. The average Bonchev–Trinajstić information content (AvgIpc) is 2.17. The number of hydrogen-bond donors (Lipinski definition) is 1. The molecule has 0 spiro atoms. The Labute approximate surface area is 88.2 Å². The summed E-state index contributed by atoms with van der Waals surface area (Å²) < 4.78 is 42.9. The van der Waals surface area contributed by atoms with Crippen LogP contribution in [-0.2, 0) is 4.74 Å². The molecule has 0 aromatic heterocycles. The summed E-state index contributed by atoms with van der Waals surface area (Å²) in [5.41, 5.74) is 0. The molecule has 90 valence electrons. The maximum absolute atomic E-state index is 12.9. The molecule has 3 atom stereocenters. The van der Waals surface area contributed by atoms with Gasteiger partial charge in [-0.3, -0.25) is 0 Å². The number of halogens is 3. The zero-order valence-corrected chi connectivity index (χ0v) is 9.10. The molecule has 0 bridgehead atoms.